The molecule has 1 aromatic carbocycles. The smallest absolute Gasteiger partial charge is 0.134 e. The second-order valence-corrected chi connectivity index (χ2v) is 3.47. The first-order chi connectivity index (χ1) is 7.29. The molecule has 0 fully saturated rings. The highest BCUT2D eigenvalue weighted by atomic mass is 16.3. The molecule has 2 heteroatoms. The summed E-state index contributed by atoms with van der Waals surface area (Å²) in [6.07, 6.45) is 0.325. The van der Waals surface area contributed by atoms with E-state index in [4.69, 9.17) is 9.68 Å². The molecule has 0 atom stereocenters. The van der Waals surface area contributed by atoms with Gasteiger partial charge in [0.2, 0.25) is 0 Å². The van der Waals surface area contributed by atoms with Crippen molar-refractivity contribution in [3.8, 4) is 17.4 Å². The van der Waals surface area contributed by atoms with Crippen LogP contribution < -0.4 is 0 Å². The van der Waals surface area contributed by atoms with E-state index in [0.29, 0.717) is 12.2 Å². The van der Waals surface area contributed by atoms with Crippen LogP contribution in [0.3, 0.4) is 0 Å². The van der Waals surface area contributed by atoms with Crippen LogP contribution in [-0.2, 0) is 6.42 Å². The van der Waals surface area contributed by atoms with E-state index in [0.717, 1.165) is 11.3 Å². The first-order valence-electron chi connectivity index (χ1n) is 4.82. The maximum absolute atomic E-state index is 8.53. The number of rotatable bonds is 2. The van der Waals surface area contributed by atoms with E-state index in [1.54, 1.807) is 0 Å². The van der Waals surface area contributed by atoms with Crippen molar-refractivity contribution in [3.05, 3.63) is 47.7 Å². The van der Waals surface area contributed by atoms with Crippen LogP contribution in [0.25, 0.3) is 11.3 Å². The second-order valence-electron chi connectivity index (χ2n) is 3.47. The van der Waals surface area contributed by atoms with Gasteiger partial charge in [0.15, 0.2) is 0 Å². The van der Waals surface area contributed by atoms with E-state index < -0.39 is 0 Å². The molecule has 0 bridgehead atoms. The molecule has 0 spiro atoms. The van der Waals surface area contributed by atoms with Crippen LogP contribution in [-0.4, -0.2) is 0 Å². The van der Waals surface area contributed by atoms with E-state index in [9.17, 15) is 0 Å². The number of aryl methyl sites for hydroxylation is 1. The summed E-state index contributed by atoms with van der Waals surface area (Å²) in [7, 11) is 0. The Balaban J connectivity index is 2.30. The van der Waals surface area contributed by atoms with Crippen LogP contribution >= 0.6 is 0 Å². The summed E-state index contributed by atoms with van der Waals surface area (Å²) in [5.41, 5.74) is 2.27. The standard InChI is InChI=1S/C13H11NO/c1-10-2-4-11(5-3-10)13-7-6-12(15-13)8-9-14/h2-7H,8H2,1H3. The van der Waals surface area contributed by atoms with Gasteiger partial charge >= 0.3 is 0 Å². The van der Waals surface area contributed by atoms with Gasteiger partial charge in [0.1, 0.15) is 11.5 Å². The molecule has 0 unspecified atom stereocenters. The number of hydrogen-bond donors (Lipinski definition) is 0. The Kier molecular flexibility index (Phi) is 2.55. The van der Waals surface area contributed by atoms with E-state index in [1.807, 2.05) is 43.3 Å². The maximum Gasteiger partial charge on any atom is 0.134 e. The number of nitriles is 1. The molecule has 2 rings (SSSR count). The van der Waals surface area contributed by atoms with E-state index in [1.165, 1.54) is 5.56 Å². The van der Waals surface area contributed by atoms with Crippen molar-refractivity contribution in [3.63, 3.8) is 0 Å². The predicted octanol–water partition coefficient (Wildman–Crippen LogP) is 3.32. The fourth-order valence-electron chi connectivity index (χ4n) is 1.42. The van der Waals surface area contributed by atoms with Crippen molar-refractivity contribution in [2.24, 2.45) is 0 Å². The van der Waals surface area contributed by atoms with Crippen LogP contribution in [0.15, 0.2) is 40.8 Å². The molecule has 0 N–H and O–H groups in total. The zero-order chi connectivity index (χ0) is 10.7. The zero-order valence-electron chi connectivity index (χ0n) is 8.53. The quantitative estimate of drug-likeness (QED) is 0.740. The molecular formula is C13H11NO. The number of benzene rings is 1. The lowest BCUT2D eigenvalue weighted by Crippen LogP contribution is -1.75. The Morgan fingerprint density at radius 3 is 2.53 bits per heavy atom. The third-order valence-corrected chi connectivity index (χ3v) is 2.25. The fourth-order valence-corrected chi connectivity index (χ4v) is 1.42. The predicted molar refractivity (Wildman–Crippen MR) is 58.2 cm³/mol. The maximum atomic E-state index is 8.53. The first-order valence-corrected chi connectivity index (χ1v) is 4.82. The minimum absolute atomic E-state index is 0.325. The summed E-state index contributed by atoms with van der Waals surface area (Å²) in [5.74, 6) is 1.54. The number of furan rings is 1. The molecule has 0 amide bonds. The average molecular weight is 197 g/mol. The molecule has 0 radical (unpaired) electrons. The Morgan fingerprint density at radius 2 is 1.87 bits per heavy atom. The molecule has 0 aliphatic rings. The lowest BCUT2D eigenvalue weighted by Gasteiger charge is -1.97. The van der Waals surface area contributed by atoms with Crippen LogP contribution in [0.4, 0.5) is 0 Å². The van der Waals surface area contributed by atoms with Gasteiger partial charge in [-0.1, -0.05) is 29.8 Å². The minimum Gasteiger partial charge on any atom is -0.460 e. The van der Waals surface area contributed by atoms with Gasteiger partial charge in [-0.2, -0.15) is 5.26 Å². The van der Waals surface area contributed by atoms with Crippen molar-refractivity contribution in [2.45, 2.75) is 13.3 Å². The van der Waals surface area contributed by atoms with Crippen LogP contribution in [0, 0.1) is 18.3 Å². The first kappa shape index (κ1) is 9.54. The van der Waals surface area contributed by atoms with Gasteiger partial charge in [0.05, 0.1) is 12.5 Å². The molecule has 0 aliphatic carbocycles. The Morgan fingerprint density at radius 1 is 1.13 bits per heavy atom. The molecule has 2 aromatic rings. The third-order valence-electron chi connectivity index (χ3n) is 2.25. The highest BCUT2D eigenvalue weighted by Crippen LogP contribution is 2.22. The van der Waals surface area contributed by atoms with Crippen molar-refractivity contribution in [1.29, 1.82) is 5.26 Å². The second kappa shape index (κ2) is 4.02. The summed E-state index contributed by atoms with van der Waals surface area (Å²) in [6, 6.07) is 13.9. The van der Waals surface area contributed by atoms with E-state index in [2.05, 4.69) is 6.07 Å². The lowest BCUT2D eigenvalue weighted by molar-refractivity contribution is 0.538. The SMILES string of the molecule is Cc1ccc(-c2ccc(CC#N)o2)cc1. The molecular weight excluding hydrogens is 186 g/mol. The summed E-state index contributed by atoms with van der Waals surface area (Å²) in [4.78, 5) is 0. The Labute approximate surface area is 88.8 Å². The molecule has 74 valence electrons. The molecule has 2 nitrogen and oxygen atoms in total. The normalized spacial score (nSPS) is 9.87. The average Bonchev–Trinajstić information content (AvgIpc) is 2.68. The molecule has 0 aliphatic heterocycles. The van der Waals surface area contributed by atoms with Gasteiger partial charge in [-0.3, -0.25) is 0 Å². The summed E-state index contributed by atoms with van der Waals surface area (Å²) in [5, 5.41) is 8.53. The zero-order valence-corrected chi connectivity index (χ0v) is 8.53. The summed E-state index contributed by atoms with van der Waals surface area (Å²) < 4.78 is 5.53. The third kappa shape index (κ3) is 2.08. The molecule has 0 saturated carbocycles. The van der Waals surface area contributed by atoms with Crippen molar-refractivity contribution in [2.75, 3.05) is 0 Å². The molecule has 1 heterocycles. The topological polar surface area (TPSA) is 36.9 Å². The van der Waals surface area contributed by atoms with Gasteiger partial charge in [-0.25, -0.2) is 0 Å². The van der Waals surface area contributed by atoms with Gasteiger partial charge in [-0.05, 0) is 19.1 Å². The lowest BCUT2D eigenvalue weighted by atomic mass is 10.1. The van der Waals surface area contributed by atoms with Crippen molar-refractivity contribution >= 4 is 0 Å². The van der Waals surface area contributed by atoms with Crippen LogP contribution in [0.2, 0.25) is 0 Å². The molecule has 0 saturated heterocycles. The Hall–Kier alpha value is -2.01. The van der Waals surface area contributed by atoms with E-state index >= 15 is 0 Å². The van der Waals surface area contributed by atoms with Gasteiger partial charge in [0, 0.05) is 5.56 Å². The minimum atomic E-state index is 0.325. The summed E-state index contributed by atoms with van der Waals surface area (Å²) in [6.45, 7) is 2.05. The number of nitrogens with zero attached hydrogens (tertiary/aromatic N) is 1. The molecule has 1 aromatic heterocycles. The van der Waals surface area contributed by atoms with Crippen LogP contribution in [0.5, 0.6) is 0 Å². The van der Waals surface area contributed by atoms with Crippen molar-refractivity contribution in [1.82, 2.24) is 0 Å². The van der Waals surface area contributed by atoms with Crippen LogP contribution in [0.1, 0.15) is 11.3 Å². The van der Waals surface area contributed by atoms with Crippen molar-refractivity contribution < 1.29 is 4.42 Å². The highest BCUT2D eigenvalue weighted by molar-refractivity contribution is 5.57. The highest BCUT2D eigenvalue weighted by Gasteiger charge is 2.03. The Bertz CT molecular complexity index is 488. The summed E-state index contributed by atoms with van der Waals surface area (Å²) >= 11 is 0. The number of hydrogen-bond acceptors (Lipinski definition) is 2. The monoisotopic (exact) mass is 197 g/mol. The van der Waals surface area contributed by atoms with E-state index in [-0.39, 0.29) is 0 Å². The fraction of sp³-hybridized carbons (Fsp3) is 0.154. The van der Waals surface area contributed by atoms with Gasteiger partial charge < -0.3 is 4.42 Å². The molecule has 15 heavy (non-hydrogen) atoms. The largest absolute Gasteiger partial charge is 0.460 e. The van der Waals surface area contributed by atoms with Gasteiger partial charge in [-0.15, -0.1) is 0 Å². The van der Waals surface area contributed by atoms with Gasteiger partial charge in [0.25, 0.3) is 0 Å².